The first-order chi connectivity index (χ1) is 7.52. The Balaban J connectivity index is 2.05. The first-order valence-electron chi connectivity index (χ1n) is 5.37. The number of benzene rings is 1. The number of nitrogens with two attached hydrogens (primary N) is 1. The summed E-state index contributed by atoms with van der Waals surface area (Å²) in [4.78, 5) is 11.8. The van der Waals surface area contributed by atoms with E-state index in [1.54, 1.807) is 18.2 Å². The van der Waals surface area contributed by atoms with Gasteiger partial charge in [0.1, 0.15) is 0 Å². The average Bonchev–Trinajstić information content (AvgIpc) is 2.98. The molecule has 0 unspecified atom stereocenters. The summed E-state index contributed by atoms with van der Waals surface area (Å²) in [6.45, 7) is 2.78. The number of carbonyl (C=O) groups is 1. The van der Waals surface area contributed by atoms with Crippen molar-refractivity contribution in [1.82, 2.24) is 5.32 Å². The first-order valence-corrected chi connectivity index (χ1v) is 5.37. The molecule has 4 heteroatoms. The van der Waals surface area contributed by atoms with Crippen molar-refractivity contribution in [2.45, 2.75) is 19.8 Å². The number of rotatable bonds is 3. The maximum absolute atomic E-state index is 11.8. The van der Waals surface area contributed by atoms with Crippen LogP contribution in [-0.4, -0.2) is 17.6 Å². The minimum Gasteiger partial charge on any atom is -0.505 e. The molecule has 0 heterocycles. The van der Waals surface area contributed by atoms with Crippen LogP contribution in [0.25, 0.3) is 0 Å². The quantitative estimate of drug-likeness (QED) is 0.534. The smallest absolute Gasteiger partial charge is 0.255 e. The van der Waals surface area contributed by atoms with E-state index in [1.807, 2.05) is 0 Å². The van der Waals surface area contributed by atoms with E-state index in [9.17, 15) is 9.90 Å². The number of phenols is 1. The summed E-state index contributed by atoms with van der Waals surface area (Å²) >= 11 is 0. The second-order valence-electron chi connectivity index (χ2n) is 4.74. The average molecular weight is 220 g/mol. The van der Waals surface area contributed by atoms with E-state index in [0.29, 0.717) is 6.54 Å². The van der Waals surface area contributed by atoms with Crippen LogP contribution in [0.15, 0.2) is 18.2 Å². The van der Waals surface area contributed by atoms with Crippen LogP contribution in [0.2, 0.25) is 0 Å². The SMILES string of the molecule is CC1(CNC(=O)c2cccc(N)c2O)CC1. The summed E-state index contributed by atoms with van der Waals surface area (Å²) in [6, 6.07) is 4.79. The lowest BCUT2D eigenvalue weighted by molar-refractivity contribution is 0.0943. The molecule has 86 valence electrons. The van der Waals surface area contributed by atoms with Gasteiger partial charge in [0.15, 0.2) is 5.75 Å². The molecule has 0 spiro atoms. The predicted molar refractivity (Wildman–Crippen MR) is 62.2 cm³/mol. The molecule has 1 amide bonds. The molecule has 1 fully saturated rings. The third-order valence-corrected chi connectivity index (χ3v) is 3.09. The van der Waals surface area contributed by atoms with E-state index >= 15 is 0 Å². The van der Waals surface area contributed by atoms with Crippen molar-refractivity contribution in [1.29, 1.82) is 0 Å². The number of phenolic OH excluding ortho intramolecular Hbond substituents is 1. The molecule has 1 aliphatic carbocycles. The maximum Gasteiger partial charge on any atom is 0.255 e. The van der Waals surface area contributed by atoms with E-state index in [2.05, 4.69) is 12.2 Å². The van der Waals surface area contributed by atoms with E-state index in [-0.39, 0.29) is 28.3 Å². The zero-order chi connectivity index (χ0) is 11.8. The number of aromatic hydroxyl groups is 1. The van der Waals surface area contributed by atoms with Gasteiger partial charge in [-0.1, -0.05) is 13.0 Å². The van der Waals surface area contributed by atoms with Gasteiger partial charge in [0.05, 0.1) is 11.3 Å². The van der Waals surface area contributed by atoms with E-state index in [0.717, 1.165) is 12.8 Å². The Morgan fingerprint density at radius 1 is 1.56 bits per heavy atom. The van der Waals surface area contributed by atoms with Gasteiger partial charge in [-0.25, -0.2) is 0 Å². The summed E-state index contributed by atoms with van der Waals surface area (Å²) in [5, 5.41) is 12.4. The Morgan fingerprint density at radius 3 is 2.88 bits per heavy atom. The fourth-order valence-electron chi connectivity index (χ4n) is 1.52. The van der Waals surface area contributed by atoms with E-state index in [1.165, 1.54) is 0 Å². The third kappa shape index (κ3) is 2.10. The molecule has 0 radical (unpaired) electrons. The van der Waals surface area contributed by atoms with Crippen molar-refractivity contribution in [2.24, 2.45) is 5.41 Å². The highest BCUT2D eigenvalue weighted by molar-refractivity contribution is 5.98. The minimum absolute atomic E-state index is 0.138. The predicted octanol–water partition coefficient (Wildman–Crippen LogP) is 1.50. The van der Waals surface area contributed by atoms with Crippen molar-refractivity contribution in [3.05, 3.63) is 23.8 Å². The van der Waals surface area contributed by atoms with Gasteiger partial charge in [-0.3, -0.25) is 4.79 Å². The molecule has 16 heavy (non-hydrogen) atoms. The molecule has 1 aromatic carbocycles. The number of nitrogens with one attached hydrogen (secondary N) is 1. The third-order valence-electron chi connectivity index (χ3n) is 3.09. The van der Waals surface area contributed by atoms with Gasteiger partial charge in [-0.15, -0.1) is 0 Å². The molecule has 2 rings (SSSR count). The number of amides is 1. The van der Waals surface area contributed by atoms with Crippen LogP contribution in [0.4, 0.5) is 5.69 Å². The summed E-state index contributed by atoms with van der Waals surface area (Å²) in [5.74, 6) is -0.404. The largest absolute Gasteiger partial charge is 0.505 e. The fraction of sp³-hybridized carbons (Fsp3) is 0.417. The Bertz CT molecular complexity index is 425. The number of carbonyl (C=O) groups excluding carboxylic acids is 1. The molecule has 0 aromatic heterocycles. The van der Waals surface area contributed by atoms with Crippen LogP contribution >= 0.6 is 0 Å². The zero-order valence-corrected chi connectivity index (χ0v) is 9.29. The van der Waals surface area contributed by atoms with Gasteiger partial charge >= 0.3 is 0 Å². The Kier molecular flexibility index (Phi) is 2.50. The molecule has 0 saturated heterocycles. The van der Waals surface area contributed by atoms with E-state index < -0.39 is 0 Å². The highest BCUT2D eigenvalue weighted by atomic mass is 16.3. The van der Waals surface area contributed by atoms with Crippen molar-refractivity contribution in [3.8, 4) is 5.75 Å². The lowest BCUT2D eigenvalue weighted by Crippen LogP contribution is -2.29. The van der Waals surface area contributed by atoms with Crippen molar-refractivity contribution in [3.63, 3.8) is 0 Å². The maximum atomic E-state index is 11.8. The number of hydrogen-bond acceptors (Lipinski definition) is 3. The molecule has 4 N–H and O–H groups in total. The standard InChI is InChI=1S/C12H16N2O2/c1-12(5-6-12)7-14-11(16)8-3-2-4-9(13)10(8)15/h2-4,15H,5-7,13H2,1H3,(H,14,16). The molecular weight excluding hydrogens is 204 g/mol. The lowest BCUT2D eigenvalue weighted by atomic mass is 10.1. The first kappa shape index (κ1) is 10.8. The van der Waals surface area contributed by atoms with Crippen molar-refractivity contribution < 1.29 is 9.90 Å². The second-order valence-corrected chi connectivity index (χ2v) is 4.74. The number of para-hydroxylation sites is 1. The molecule has 0 atom stereocenters. The normalized spacial score (nSPS) is 16.8. The summed E-state index contributed by atoms with van der Waals surface area (Å²) in [5.41, 5.74) is 6.25. The molecule has 4 nitrogen and oxygen atoms in total. The van der Waals surface area contributed by atoms with Crippen LogP contribution < -0.4 is 11.1 Å². The monoisotopic (exact) mass is 220 g/mol. The van der Waals surface area contributed by atoms with Crippen LogP contribution in [-0.2, 0) is 0 Å². The Morgan fingerprint density at radius 2 is 2.25 bits per heavy atom. The molecule has 0 aliphatic heterocycles. The van der Waals surface area contributed by atoms with Crippen LogP contribution in [0.5, 0.6) is 5.75 Å². The fourth-order valence-corrected chi connectivity index (χ4v) is 1.52. The highest BCUT2D eigenvalue weighted by Crippen LogP contribution is 2.44. The molecule has 1 aromatic rings. The van der Waals surface area contributed by atoms with Crippen LogP contribution in [0.3, 0.4) is 0 Å². The summed E-state index contributed by atoms with van der Waals surface area (Å²) in [6.07, 6.45) is 2.30. The highest BCUT2D eigenvalue weighted by Gasteiger charge is 2.37. The van der Waals surface area contributed by atoms with Crippen molar-refractivity contribution >= 4 is 11.6 Å². The summed E-state index contributed by atoms with van der Waals surface area (Å²) < 4.78 is 0. The van der Waals surface area contributed by atoms with Crippen LogP contribution in [0, 0.1) is 5.41 Å². The second kappa shape index (κ2) is 3.70. The zero-order valence-electron chi connectivity index (χ0n) is 9.29. The van der Waals surface area contributed by atoms with Gasteiger partial charge in [0.2, 0.25) is 0 Å². The van der Waals surface area contributed by atoms with Gasteiger partial charge in [0, 0.05) is 6.54 Å². The number of hydrogen-bond donors (Lipinski definition) is 3. The lowest BCUT2D eigenvalue weighted by Gasteiger charge is -2.11. The van der Waals surface area contributed by atoms with E-state index in [4.69, 9.17) is 5.73 Å². The Hall–Kier alpha value is -1.71. The number of anilines is 1. The van der Waals surface area contributed by atoms with Gasteiger partial charge in [-0.05, 0) is 30.4 Å². The Labute approximate surface area is 94.5 Å². The molecule has 0 bridgehead atoms. The number of nitrogen functional groups attached to an aromatic ring is 1. The van der Waals surface area contributed by atoms with Crippen LogP contribution in [0.1, 0.15) is 30.1 Å². The molecule has 1 aliphatic rings. The molecule has 1 saturated carbocycles. The van der Waals surface area contributed by atoms with Gasteiger partial charge in [-0.2, -0.15) is 0 Å². The van der Waals surface area contributed by atoms with Gasteiger partial charge in [0.25, 0.3) is 5.91 Å². The molecular formula is C12H16N2O2. The summed E-state index contributed by atoms with van der Waals surface area (Å²) in [7, 11) is 0. The minimum atomic E-state index is -0.266. The van der Waals surface area contributed by atoms with Gasteiger partial charge < -0.3 is 16.2 Å². The topological polar surface area (TPSA) is 75.4 Å². The van der Waals surface area contributed by atoms with Crippen molar-refractivity contribution in [2.75, 3.05) is 12.3 Å².